The van der Waals surface area contributed by atoms with Gasteiger partial charge >= 0.3 is 6.85 Å². The fraction of sp³-hybridized carbons (Fsp3) is 0.200. The number of hydrogen-bond acceptors (Lipinski definition) is 5. The molecule has 346 valence electrons. The number of ether oxygens (including phenoxy) is 2. The number of furan rings is 1. The highest BCUT2D eigenvalue weighted by atomic mass is 16.6. The third kappa shape index (κ3) is 6.13. The molecule has 1 aliphatic carbocycles. The Morgan fingerprint density at radius 1 is 0.521 bits per heavy atom. The lowest BCUT2D eigenvalue weighted by Gasteiger charge is -2.48. The summed E-state index contributed by atoms with van der Waals surface area (Å²) in [6.07, 6.45) is 2.27. The van der Waals surface area contributed by atoms with E-state index in [4.69, 9.17) is 13.9 Å². The first-order valence-corrected chi connectivity index (χ1v) is 25.3. The molecule has 9 aromatic carbocycles. The van der Waals surface area contributed by atoms with Crippen molar-refractivity contribution in [2.24, 2.45) is 0 Å². The first kappa shape index (κ1) is 42.2. The average molecular weight is 923 g/mol. The lowest BCUT2D eigenvalue weighted by molar-refractivity contribution is 0.332. The molecule has 6 heteroatoms. The van der Waals surface area contributed by atoms with Crippen molar-refractivity contribution in [3.05, 3.63) is 186 Å². The number of rotatable bonds is 3. The van der Waals surface area contributed by atoms with Crippen LogP contribution in [0.25, 0.3) is 55.0 Å². The summed E-state index contributed by atoms with van der Waals surface area (Å²) in [5, 5.41) is 4.57. The van der Waals surface area contributed by atoms with Crippen molar-refractivity contribution in [2.45, 2.75) is 84.5 Å². The van der Waals surface area contributed by atoms with Crippen LogP contribution in [0.15, 0.2) is 168 Å². The fourth-order valence-electron chi connectivity index (χ4n) is 12.5. The lowest BCUT2D eigenvalue weighted by atomic mass is 9.43. The van der Waals surface area contributed by atoms with Gasteiger partial charge in [-0.1, -0.05) is 152 Å². The third-order valence-corrected chi connectivity index (χ3v) is 16.4. The highest BCUT2D eigenvalue weighted by molar-refractivity contribution is 6.94. The number of benzene rings is 9. The Labute approximate surface area is 416 Å². The molecule has 0 fully saturated rings. The van der Waals surface area contributed by atoms with Crippen LogP contribution in [0.1, 0.15) is 83.6 Å². The Balaban J connectivity index is 1.16. The zero-order valence-corrected chi connectivity index (χ0v) is 41.7. The maximum Gasteiger partial charge on any atom is 0.333 e. The van der Waals surface area contributed by atoms with Crippen LogP contribution in [-0.2, 0) is 16.2 Å². The Morgan fingerprint density at radius 2 is 1.18 bits per heavy atom. The molecule has 0 bridgehead atoms. The molecule has 71 heavy (non-hydrogen) atoms. The topological polar surface area (TPSA) is 38.1 Å². The highest BCUT2D eigenvalue weighted by Crippen LogP contribution is 2.57. The normalized spacial score (nSPS) is 15.9. The predicted octanol–water partition coefficient (Wildman–Crippen LogP) is 17.0. The summed E-state index contributed by atoms with van der Waals surface area (Å²) in [4.78, 5) is 5.22. The van der Waals surface area contributed by atoms with Crippen LogP contribution >= 0.6 is 0 Å². The molecule has 0 N–H and O–H groups in total. The molecular formula is C65H55BN2O3. The van der Waals surface area contributed by atoms with Crippen molar-refractivity contribution in [3.8, 4) is 45.3 Å². The monoisotopic (exact) mass is 922 g/mol. The van der Waals surface area contributed by atoms with Gasteiger partial charge in [0.25, 0.3) is 0 Å². The molecule has 0 unspecified atom stereocenters. The molecule has 1 aromatic heterocycles. The molecule has 0 amide bonds. The molecule has 4 aliphatic rings. The van der Waals surface area contributed by atoms with Gasteiger partial charge in [0.15, 0.2) is 28.6 Å². The number of para-hydroxylation sites is 3. The zero-order chi connectivity index (χ0) is 48.3. The second-order valence-corrected chi connectivity index (χ2v) is 22.8. The summed E-state index contributed by atoms with van der Waals surface area (Å²) in [6, 6.07) is 60.2. The van der Waals surface area contributed by atoms with Crippen molar-refractivity contribution in [3.63, 3.8) is 0 Å². The summed E-state index contributed by atoms with van der Waals surface area (Å²) in [7, 11) is 0. The Bertz CT molecular complexity index is 3910. The van der Waals surface area contributed by atoms with E-state index in [1.54, 1.807) is 0 Å². The van der Waals surface area contributed by atoms with E-state index in [0.29, 0.717) is 23.0 Å². The van der Waals surface area contributed by atoms with Gasteiger partial charge in [-0.2, -0.15) is 0 Å². The molecule has 14 rings (SSSR count). The van der Waals surface area contributed by atoms with Crippen molar-refractivity contribution in [1.82, 2.24) is 0 Å². The van der Waals surface area contributed by atoms with Gasteiger partial charge < -0.3 is 23.6 Å². The van der Waals surface area contributed by atoms with E-state index in [9.17, 15) is 0 Å². The predicted molar refractivity (Wildman–Crippen MR) is 296 cm³/mol. The van der Waals surface area contributed by atoms with E-state index in [2.05, 4.69) is 205 Å². The summed E-state index contributed by atoms with van der Waals surface area (Å²) in [5.41, 5.74) is 19.6. The standard InChI is InChI=1S/C65H55BN2O3/c1-38-32-48-49(65(7,8)31-30-64(48,5)6)35-52(38)67-53-37-58-57(69-55-24-16-17-25-56(55)70-58)36-50(53)66-59-47(33-40-20-12-13-21-42(40)60(59)67)44-27-28-45-43-22-14-15-23-54(43)71-62(45)61(44)68(66)51-29-26-41(63(2,3)4)34-46(51)39-18-10-9-11-19-39/h9-29,32-37H,30-31H2,1-8H3. The van der Waals surface area contributed by atoms with Crippen LogP contribution < -0.4 is 30.1 Å². The summed E-state index contributed by atoms with van der Waals surface area (Å²) in [5.74, 6) is 2.79. The van der Waals surface area contributed by atoms with Gasteiger partial charge in [0.2, 0.25) is 0 Å². The SMILES string of the molecule is Cc1cc2c(cc1N1c3cc4c(cc3B3c5c(cc6ccccc6c51)-c1ccc5c(oc6ccccc65)c1N3c1ccc(C(C)(C)C)cc1-c1ccccc1)Oc1ccccc1O4)C(C)(C)CCC2(C)C. The van der Waals surface area contributed by atoms with Crippen LogP contribution in [0.3, 0.4) is 0 Å². The first-order valence-electron chi connectivity index (χ1n) is 25.3. The van der Waals surface area contributed by atoms with Gasteiger partial charge in [0.1, 0.15) is 5.58 Å². The smallest absolute Gasteiger partial charge is 0.333 e. The molecular weight excluding hydrogens is 868 g/mol. The van der Waals surface area contributed by atoms with E-state index < -0.39 is 0 Å². The first-order chi connectivity index (χ1) is 34.2. The Kier molecular flexibility index (Phi) is 8.73. The van der Waals surface area contributed by atoms with Gasteiger partial charge in [-0.25, -0.2) is 0 Å². The van der Waals surface area contributed by atoms with Crippen molar-refractivity contribution >= 4 is 78.9 Å². The van der Waals surface area contributed by atoms with E-state index in [0.717, 1.165) is 74.0 Å². The molecule has 10 aromatic rings. The second kappa shape index (κ2) is 14.7. The van der Waals surface area contributed by atoms with Crippen molar-refractivity contribution in [1.29, 1.82) is 0 Å². The average Bonchev–Trinajstić information content (AvgIpc) is 3.76. The van der Waals surface area contributed by atoms with Gasteiger partial charge in [-0.15, -0.1) is 0 Å². The maximum absolute atomic E-state index is 7.19. The number of anilines is 5. The summed E-state index contributed by atoms with van der Waals surface area (Å²) in [6.45, 7) is 18.6. The zero-order valence-electron chi connectivity index (χ0n) is 41.7. The molecule has 4 heterocycles. The third-order valence-electron chi connectivity index (χ3n) is 16.4. The number of nitrogens with zero attached hydrogens (tertiary/aromatic N) is 2. The number of fused-ring (bicyclic) bond motifs is 13. The second-order valence-electron chi connectivity index (χ2n) is 22.8. The minimum atomic E-state index is -0.343. The van der Waals surface area contributed by atoms with E-state index in [1.807, 2.05) is 24.3 Å². The van der Waals surface area contributed by atoms with Crippen molar-refractivity contribution in [2.75, 3.05) is 9.71 Å². The van der Waals surface area contributed by atoms with Crippen LogP contribution in [0.4, 0.5) is 28.4 Å². The summed E-state index contributed by atoms with van der Waals surface area (Å²) < 4.78 is 21.0. The largest absolute Gasteiger partial charge is 0.454 e. The van der Waals surface area contributed by atoms with Crippen LogP contribution in [0.5, 0.6) is 23.0 Å². The molecule has 0 spiro atoms. The minimum absolute atomic E-state index is 0.0100. The van der Waals surface area contributed by atoms with E-state index >= 15 is 0 Å². The van der Waals surface area contributed by atoms with Crippen LogP contribution in [0.2, 0.25) is 0 Å². The van der Waals surface area contributed by atoms with Crippen LogP contribution in [-0.4, -0.2) is 6.85 Å². The van der Waals surface area contributed by atoms with Crippen molar-refractivity contribution < 1.29 is 13.9 Å². The lowest BCUT2D eigenvalue weighted by Crippen LogP contribution is -2.61. The molecule has 0 saturated heterocycles. The molecule has 0 radical (unpaired) electrons. The molecule has 3 aliphatic heterocycles. The highest BCUT2D eigenvalue weighted by Gasteiger charge is 2.49. The van der Waals surface area contributed by atoms with E-state index in [1.165, 1.54) is 55.4 Å². The number of hydrogen-bond donors (Lipinski definition) is 0. The van der Waals surface area contributed by atoms with E-state index in [-0.39, 0.29) is 23.1 Å². The Morgan fingerprint density at radius 3 is 1.93 bits per heavy atom. The fourth-order valence-corrected chi connectivity index (χ4v) is 12.5. The molecule has 5 nitrogen and oxygen atoms in total. The van der Waals surface area contributed by atoms with Gasteiger partial charge in [-0.3, -0.25) is 0 Å². The summed E-state index contributed by atoms with van der Waals surface area (Å²) >= 11 is 0. The minimum Gasteiger partial charge on any atom is -0.454 e. The Hall–Kier alpha value is -7.70. The maximum atomic E-state index is 7.19. The van der Waals surface area contributed by atoms with Crippen LogP contribution in [0, 0.1) is 6.92 Å². The molecule has 0 saturated carbocycles. The van der Waals surface area contributed by atoms with Gasteiger partial charge in [-0.05, 0) is 140 Å². The van der Waals surface area contributed by atoms with Gasteiger partial charge in [0.05, 0.1) is 11.4 Å². The van der Waals surface area contributed by atoms with Gasteiger partial charge in [0, 0.05) is 50.4 Å². The number of aryl methyl sites for hydroxylation is 1. The molecule has 0 atom stereocenters. The quantitative estimate of drug-likeness (QED) is 0.165.